The molecule has 2 bridgehead atoms. The van der Waals surface area contributed by atoms with Crippen molar-refractivity contribution in [2.45, 2.75) is 71.3 Å². The molecule has 0 aromatic heterocycles. The van der Waals surface area contributed by atoms with Crippen LogP contribution in [0.4, 0.5) is 0 Å². The summed E-state index contributed by atoms with van der Waals surface area (Å²) in [6.45, 7) is 8.86. The van der Waals surface area contributed by atoms with Gasteiger partial charge in [-0.25, -0.2) is 0 Å². The summed E-state index contributed by atoms with van der Waals surface area (Å²) in [6.07, 6.45) is 9.47. The summed E-state index contributed by atoms with van der Waals surface area (Å²) in [5.41, 5.74) is 1.12. The van der Waals surface area contributed by atoms with Gasteiger partial charge in [0.15, 0.2) is 0 Å². The summed E-state index contributed by atoms with van der Waals surface area (Å²) < 4.78 is 0. The van der Waals surface area contributed by atoms with Crippen molar-refractivity contribution >= 4 is 5.91 Å². The molecule has 3 aliphatic carbocycles. The Labute approximate surface area is 117 Å². The van der Waals surface area contributed by atoms with Crippen LogP contribution in [0, 0.1) is 16.7 Å². The molecule has 0 aromatic carbocycles. The Hall–Kier alpha value is -0.790. The highest BCUT2D eigenvalue weighted by Gasteiger charge is 2.60. The normalized spacial score (nSPS) is 37.6. The smallest absolute Gasteiger partial charge is 0.230 e. The molecule has 106 valence electrons. The van der Waals surface area contributed by atoms with Crippen LogP contribution in [0.5, 0.6) is 0 Å². The lowest BCUT2D eigenvalue weighted by atomic mass is 9.68. The molecule has 0 spiro atoms. The second-order valence-corrected chi connectivity index (χ2v) is 7.53. The molecular formula is C17H27NO. The van der Waals surface area contributed by atoms with E-state index >= 15 is 0 Å². The number of rotatable bonds is 2. The van der Waals surface area contributed by atoms with Crippen LogP contribution in [-0.4, -0.2) is 11.9 Å². The van der Waals surface area contributed by atoms with E-state index in [1.54, 1.807) is 0 Å². The Morgan fingerprint density at radius 3 is 2.47 bits per heavy atom. The Morgan fingerprint density at radius 2 is 1.89 bits per heavy atom. The van der Waals surface area contributed by atoms with Crippen molar-refractivity contribution in [3.05, 3.63) is 12.2 Å². The first-order chi connectivity index (χ1) is 8.97. The van der Waals surface area contributed by atoms with Gasteiger partial charge in [-0.2, -0.15) is 0 Å². The molecule has 2 nitrogen and oxygen atoms in total. The minimum absolute atomic E-state index is 0.155. The lowest BCUT2D eigenvalue weighted by Gasteiger charge is -2.38. The summed E-state index contributed by atoms with van der Waals surface area (Å²) in [6, 6.07) is 0.422. The third kappa shape index (κ3) is 1.86. The zero-order valence-electron chi connectivity index (χ0n) is 12.4. The van der Waals surface area contributed by atoms with Crippen LogP contribution in [0.2, 0.25) is 0 Å². The molecule has 0 aliphatic heterocycles. The number of amides is 1. The largest absolute Gasteiger partial charge is 0.353 e. The van der Waals surface area contributed by atoms with E-state index < -0.39 is 0 Å². The van der Waals surface area contributed by atoms with E-state index in [-0.39, 0.29) is 16.7 Å². The maximum Gasteiger partial charge on any atom is 0.230 e. The van der Waals surface area contributed by atoms with E-state index in [0.717, 1.165) is 12.8 Å². The first kappa shape index (κ1) is 13.2. The third-order valence-electron chi connectivity index (χ3n) is 6.27. The zero-order valence-corrected chi connectivity index (χ0v) is 12.4. The van der Waals surface area contributed by atoms with Crippen molar-refractivity contribution in [2.24, 2.45) is 16.7 Å². The average Bonchev–Trinajstić information content (AvgIpc) is 2.91. The van der Waals surface area contributed by atoms with Gasteiger partial charge in [0.05, 0.1) is 5.41 Å². The van der Waals surface area contributed by atoms with E-state index in [9.17, 15) is 4.79 Å². The second kappa shape index (κ2) is 4.36. The van der Waals surface area contributed by atoms with Gasteiger partial charge in [0.1, 0.15) is 0 Å². The van der Waals surface area contributed by atoms with Gasteiger partial charge in [0.25, 0.3) is 0 Å². The summed E-state index contributed by atoms with van der Waals surface area (Å²) in [5.74, 6) is 0.953. The van der Waals surface area contributed by atoms with Gasteiger partial charge in [0.2, 0.25) is 5.91 Å². The summed E-state index contributed by atoms with van der Waals surface area (Å²) in [4.78, 5) is 12.8. The van der Waals surface area contributed by atoms with E-state index in [0.29, 0.717) is 12.0 Å². The Bertz CT molecular complexity index is 405. The van der Waals surface area contributed by atoms with Crippen molar-refractivity contribution in [3.8, 4) is 0 Å². The highest BCUT2D eigenvalue weighted by Crippen LogP contribution is 2.65. The summed E-state index contributed by atoms with van der Waals surface area (Å²) >= 11 is 0. The van der Waals surface area contributed by atoms with Crippen molar-refractivity contribution in [1.29, 1.82) is 0 Å². The highest BCUT2D eigenvalue weighted by molar-refractivity contribution is 5.87. The van der Waals surface area contributed by atoms with Gasteiger partial charge in [-0.3, -0.25) is 4.79 Å². The highest BCUT2D eigenvalue weighted by atomic mass is 16.2. The van der Waals surface area contributed by atoms with Gasteiger partial charge in [-0.15, -0.1) is 0 Å². The molecular weight excluding hydrogens is 234 g/mol. The van der Waals surface area contributed by atoms with Crippen molar-refractivity contribution in [2.75, 3.05) is 0 Å². The second-order valence-electron chi connectivity index (χ2n) is 7.53. The van der Waals surface area contributed by atoms with Crippen molar-refractivity contribution in [3.63, 3.8) is 0 Å². The Balaban J connectivity index is 1.74. The van der Waals surface area contributed by atoms with Gasteiger partial charge in [-0.05, 0) is 43.4 Å². The van der Waals surface area contributed by atoms with E-state index in [2.05, 4.69) is 25.7 Å². The lowest BCUT2D eigenvalue weighted by molar-refractivity contribution is -0.129. The van der Waals surface area contributed by atoms with Crippen LogP contribution in [0.25, 0.3) is 0 Å². The van der Waals surface area contributed by atoms with E-state index in [1.807, 2.05) is 0 Å². The third-order valence-corrected chi connectivity index (χ3v) is 6.27. The van der Waals surface area contributed by atoms with Crippen LogP contribution < -0.4 is 5.32 Å². The van der Waals surface area contributed by atoms with Gasteiger partial charge in [-0.1, -0.05) is 45.3 Å². The number of hydrogen-bond acceptors (Lipinski definition) is 1. The van der Waals surface area contributed by atoms with Crippen LogP contribution >= 0.6 is 0 Å². The topological polar surface area (TPSA) is 29.1 Å². The Kier molecular flexibility index (Phi) is 3.03. The van der Waals surface area contributed by atoms with E-state index in [1.165, 1.54) is 44.1 Å². The number of carbonyl (C=O) groups excluding carboxylic acids is 1. The maximum absolute atomic E-state index is 12.8. The fourth-order valence-corrected chi connectivity index (χ4v) is 4.71. The van der Waals surface area contributed by atoms with Crippen LogP contribution in [0.3, 0.4) is 0 Å². The first-order valence-electron chi connectivity index (χ1n) is 7.98. The standard InChI is InChI=1S/C17H27NO/c1-12-16(2,3)13-9-10-17(12,11-13)15(19)18-14-7-5-4-6-8-14/h13-14H,1,4-11H2,2-3H3,(H,18,19)/t13-,17+/m1/s1. The fourth-order valence-electron chi connectivity index (χ4n) is 4.71. The lowest BCUT2D eigenvalue weighted by Crippen LogP contribution is -2.46. The minimum atomic E-state index is -0.231. The molecule has 0 radical (unpaired) electrons. The average molecular weight is 261 g/mol. The van der Waals surface area contributed by atoms with Crippen molar-refractivity contribution < 1.29 is 4.79 Å². The van der Waals surface area contributed by atoms with Crippen LogP contribution in [0.1, 0.15) is 65.2 Å². The summed E-state index contributed by atoms with van der Waals surface area (Å²) in [7, 11) is 0. The van der Waals surface area contributed by atoms with Crippen LogP contribution in [0.15, 0.2) is 12.2 Å². The monoisotopic (exact) mass is 261 g/mol. The summed E-state index contributed by atoms with van der Waals surface area (Å²) in [5, 5.41) is 3.35. The molecule has 0 aromatic rings. The molecule has 3 saturated carbocycles. The minimum Gasteiger partial charge on any atom is -0.353 e. The molecule has 2 heteroatoms. The molecule has 3 aliphatic rings. The molecule has 3 rings (SSSR count). The predicted molar refractivity (Wildman–Crippen MR) is 77.7 cm³/mol. The molecule has 0 heterocycles. The quantitative estimate of drug-likeness (QED) is 0.752. The first-order valence-corrected chi connectivity index (χ1v) is 7.98. The van der Waals surface area contributed by atoms with Gasteiger partial charge < -0.3 is 5.32 Å². The molecule has 1 amide bonds. The molecule has 1 N–H and O–H groups in total. The number of carbonyl (C=O) groups is 1. The van der Waals surface area contributed by atoms with Gasteiger partial charge >= 0.3 is 0 Å². The zero-order chi connectivity index (χ0) is 13.7. The number of hydrogen-bond donors (Lipinski definition) is 1. The fraction of sp³-hybridized carbons (Fsp3) is 0.824. The Morgan fingerprint density at radius 1 is 1.21 bits per heavy atom. The van der Waals surface area contributed by atoms with E-state index in [4.69, 9.17) is 0 Å². The number of fused-ring (bicyclic) bond motifs is 2. The molecule has 0 saturated heterocycles. The van der Waals surface area contributed by atoms with Crippen LogP contribution in [-0.2, 0) is 4.79 Å². The molecule has 19 heavy (non-hydrogen) atoms. The number of nitrogens with one attached hydrogen (secondary N) is 1. The molecule has 0 unspecified atom stereocenters. The van der Waals surface area contributed by atoms with Gasteiger partial charge in [0, 0.05) is 6.04 Å². The molecule has 3 fully saturated rings. The van der Waals surface area contributed by atoms with Crippen molar-refractivity contribution in [1.82, 2.24) is 5.32 Å². The molecule has 2 atom stereocenters. The predicted octanol–water partition coefficient (Wildman–Crippen LogP) is 3.82. The maximum atomic E-state index is 12.8. The SMILES string of the molecule is C=C1C(C)(C)[C@@H]2CC[C@]1(C(=O)NC1CCCCC1)C2.